The fourth-order valence-electron chi connectivity index (χ4n) is 2.87. The lowest BCUT2D eigenvalue weighted by atomic mass is 10.1. The van der Waals surface area contributed by atoms with Crippen LogP contribution in [-0.4, -0.2) is 37.0 Å². The molecule has 2 atom stereocenters. The average Bonchev–Trinajstić information content (AvgIpc) is 3.03. The van der Waals surface area contributed by atoms with Crippen LogP contribution in [0.15, 0.2) is 48.5 Å². The number of carbonyl (C=O) groups is 2. The van der Waals surface area contributed by atoms with Gasteiger partial charge in [0.2, 0.25) is 11.8 Å². The van der Waals surface area contributed by atoms with Gasteiger partial charge in [-0.1, -0.05) is 12.1 Å². The molecule has 2 aromatic rings. The number of benzene rings is 2. The highest BCUT2D eigenvalue weighted by atomic mass is 35.5. The van der Waals surface area contributed by atoms with E-state index in [1.54, 1.807) is 18.7 Å². The first kappa shape index (κ1) is 19.6. The molecular formula is C20H22ClN3O2S. The highest BCUT2D eigenvalue weighted by Crippen LogP contribution is 2.42. The van der Waals surface area contributed by atoms with Crippen molar-refractivity contribution in [2.45, 2.75) is 17.7 Å². The Bertz CT molecular complexity index is 839. The molecule has 1 heterocycles. The zero-order valence-electron chi connectivity index (χ0n) is 15.5. The van der Waals surface area contributed by atoms with Gasteiger partial charge in [-0.25, -0.2) is 0 Å². The second-order valence-corrected chi connectivity index (χ2v) is 8.29. The molecule has 0 saturated carbocycles. The van der Waals surface area contributed by atoms with Gasteiger partial charge in [-0.3, -0.25) is 14.5 Å². The summed E-state index contributed by atoms with van der Waals surface area (Å²) in [5.41, 5.74) is 3.58. The molecule has 0 aliphatic carbocycles. The van der Waals surface area contributed by atoms with Crippen molar-refractivity contribution < 1.29 is 9.59 Å². The third kappa shape index (κ3) is 4.39. The molecule has 2 amide bonds. The first-order chi connectivity index (χ1) is 12.9. The molecule has 0 aromatic heterocycles. The lowest BCUT2D eigenvalue weighted by Gasteiger charge is -2.25. The molecule has 0 unspecified atom stereocenters. The summed E-state index contributed by atoms with van der Waals surface area (Å²) in [5.74, 6) is 0.251. The van der Waals surface area contributed by atoms with E-state index in [0.29, 0.717) is 11.4 Å². The lowest BCUT2D eigenvalue weighted by molar-refractivity contribution is -0.116. The topological polar surface area (TPSA) is 52.7 Å². The predicted octanol–water partition coefficient (Wildman–Crippen LogP) is 4.10. The minimum Gasteiger partial charge on any atom is -0.378 e. The Morgan fingerprint density at radius 1 is 1.26 bits per heavy atom. The highest BCUT2D eigenvalue weighted by molar-refractivity contribution is 8.00. The maximum Gasteiger partial charge on any atom is 0.242 e. The van der Waals surface area contributed by atoms with E-state index in [4.69, 9.17) is 11.6 Å². The van der Waals surface area contributed by atoms with Gasteiger partial charge in [-0.05, 0) is 48.9 Å². The van der Waals surface area contributed by atoms with Crippen LogP contribution in [0, 0.1) is 0 Å². The number of nitrogens with one attached hydrogen (secondary N) is 1. The van der Waals surface area contributed by atoms with Gasteiger partial charge >= 0.3 is 0 Å². The Hall–Kier alpha value is -2.18. The molecule has 0 bridgehead atoms. The fraction of sp³-hybridized carbons (Fsp3) is 0.300. The predicted molar refractivity (Wildman–Crippen MR) is 114 cm³/mol. The Kier molecular flexibility index (Phi) is 5.97. The molecule has 3 rings (SSSR count). The molecule has 1 fully saturated rings. The molecule has 142 valence electrons. The van der Waals surface area contributed by atoms with Crippen molar-refractivity contribution in [1.29, 1.82) is 0 Å². The summed E-state index contributed by atoms with van der Waals surface area (Å²) in [5, 5.41) is 2.06. The number of amides is 2. The Labute approximate surface area is 168 Å². The second kappa shape index (κ2) is 8.23. The molecule has 1 aliphatic rings. The van der Waals surface area contributed by atoms with Crippen LogP contribution in [0.1, 0.15) is 17.9 Å². The molecule has 27 heavy (non-hydrogen) atoms. The van der Waals surface area contributed by atoms with E-state index in [1.165, 1.54) is 0 Å². The van der Waals surface area contributed by atoms with Gasteiger partial charge in [-0.15, -0.1) is 23.4 Å². The second-order valence-electron chi connectivity index (χ2n) is 6.57. The largest absolute Gasteiger partial charge is 0.378 e. The quantitative estimate of drug-likeness (QED) is 0.764. The standard InChI is InChI=1S/C20H22ClN3O2S/c1-13(21)19(26)22-15-6-4-5-14(11-15)20-24(18(25)12-27-20)17-9-7-16(8-10-17)23(2)3/h4-11,13,20H,12H2,1-3H3,(H,22,26)/t13-,20-/m1/s1. The van der Waals surface area contributed by atoms with Crippen molar-refractivity contribution in [1.82, 2.24) is 0 Å². The minimum absolute atomic E-state index is 0.0754. The number of anilines is 3. The summed E-state index contributed by atoms with van der Waals surface area (Å²) in [7, 11) is 3.96. The number of alkyl halides is 1. The lowest BCUT2D eigenvalue weighted by Crippen LogP contribution is -2.28. The van der Waals surface area contributed by atoms with E-state index in [0.717, 1.165) is 16.9 Å². The molecule has 0 radical (unpaired) electrons. The van der Waals surface area contributed by atoms with E-state index in [1.807, 2.05) is 72.4 Å². The van der Waals surface area contributed by atoms with Gasteiger partial charge in [0.15, 0.2) is 0 Å². The van der Waals surface area contributed by atoms with Crippen LogP contribution in [-0.2, 0) is 9.59 Å². The van der Waals surface area contributed by atoms with Gasteiger partial charge < -0.3 is 10.2 Å². The number of halogens is 1. The number of rotatable bonds is 5. The summed E-state index contributed by atoms with van der Waals surface area (Å²) in [6.07, 6.45) is 0. The Balaban J connectivity index is 1.87. The highest BCUT2D eigenvalue weighted by Gasteiger charge is 2.34. The summed E-state index contributed by atoms with van der Waals surface area (Å²) in [6.45, 7) is 1.63. The van der Waals surface area contributed by atoms with Gasteiger partial charge in [0, 0.05) is 31.2 Å². The van der Waals surface area contributed by atoms with Crippen LogP contribution in [0.3, 0.4) is 0 Å². The van der Waals surface area contributed by atoms with Crippen LogP contribution in [0.5, 0.6) is 0 Å². The zero-order valence-corrected chi connectivity index (χ0v) is 17.1. The van der Waals surface area contributed by atoms with Gasteiger partial charge in [0.1, 0.15) is 10.8 Å². The first-order valence-corrected chi connectivity index (χ1v) is 10.1. The van der Waals surface area contributed by atoms with E-state index in [9.17, 15) is 9.59 Å². The molecule has 1 aliphatic heterocycles. The molecule has 0 spiro atoms. The maximum absolute atomic E-state index is 12.5. The third-order valence-electron chi connectivity index (χ3n) is 4.31. The number of nitrogens with zero attached hydrogens (tertiary/aromatic N) is 2. The molecule has 5 nitrogen and oxygen atoms in total. The van der Waals surface area contributed by atoms with Crippen LogP contribution in [0.25, 0.3) is 0 Å². The SMILES string of the molecule is C[C@@H](Cl)C(=O)Nc1cccc([C@H]2SCC(=O)N2c2ccc(N(C)C)cc2)c1. The van der Waals surface area contributed by atoms with Crippen molar-refractivity contribution in [2.24, 2.45) is 0 Å². The normalized spacial score (nSPS) is 17.7. The van der Waals surface area contributed by atoms with Crippen molar-refractivity contribution in [2.75, 3.05) is 35.0 Å². The van der Waals surface area contributed by atoms with E-state index in [-0.39, 0.29) is 17.2 Å². The summed E-state index contributed by atoms with van der Waals surface area (Å²) in [6, 6.07) is 15.5. The van der Waals surface area contributed by atoms with Crippen molar-refractivity contribution in [3.8, 4) is 0 Å². The van der Waals surface area contributed by atoms with Crippen molar-refractivity contribution in [3.63, 3.8) is 0 Å². The van der Waals surface area contributed by atoms with Crippen molar-refractivity contribution >= 4 is 52.2 Å². The number of hydrogen-bond donors (Lipinski definition) is 1. The maximum atomic E-state index is 12.5. The molecule has 2 aromatic carbocycles. The third-order valence-corrected chi connectivity index (χ3v) is 5.72. The van der Waals surface area contributed by atoms with Crippen LogP contribution >= 0.6 is 23.4 Å². The number of hydrogen-bond acceptors (Lipinski definition) is 4. The zero-order chi connectivity index (χ0) is 19.6. The number of carbonyl (C=O) groups excluding carboxylic acids is 2. The molecular weight excluding hydrogens is 382 g/mol. The molecule has 7 heteroatoms. The minimum atomic E-state index is -0.609. The van der Waals surface area contributed by atoms with E-state index >= 15 is 0 Å². The van der Waals surface area contributed by atoms with Gasteiger partial charge in [0.05, 0.1) is 5.75 Å². The fourth-order valence-corrected chi connectivity index (χ4v) is 4.09. The summed E-state index contributed by atoms with van der Waals surface area (Å²) < 4.78 is 0. The average molecular weight is 404 g/mol. The molecule has 1 saturated heterocycles. The van der Waals surface area contributed by atoms with Crippen LogP contribution < -0.4 is 15.1 Å². The van der Waals surface area contributed by atoms with E-state index in [2.05, 4.69) is 5.32 Å². The Morgan fingerprint density at radius 3 is 2.59 bits per heavy atom. The summed E-state index contributed by atoms with van der Waals surface area (Å²) >= 11 is 7.41. The van der Waals surface area contributed by atoms with Gasteiger partial charge in [-0.2, -0.15) is 0 Å². The molecule has 1 N–H and O–H groups in total. The smallest absolute Gasteiger partial charge is 0.242 e. The van der Waals surface area contributed by atoms with E-state index < -0.39 is 5.38 Å². The monoisotopic (exact) mass is 403 g/mol. The van der Waals surface area contributed by atoms with Crippen LogP contribution in [0.4, 0.5) is 17.1 Å². The van der Waals surface area contributed by atoms with Crippen LogP contribution in [0.2, 0.25) is 0 Å². The van der Waals surface area contributed by atoms with Gasteiger partial charge in [0.25, 0.3) is 0 Å². The Morgan fingerprint density at radius 2 is 1.96 bits per heavy atom. The number of thioether (sulfide) groups is 1. The van der Waals surface area contributed by atoms with Crippen molar-refractivity contribution in [3.05, 3.63) is 54.1 Å². The summed E-state index contributed by atoms with van der Waals surface area (Å²) in [4.78, 5) is 28.2. The first-order valence-electron chi connectivity index (χ1n) is 8.63.